The quantitative estimate of drug-likeness (QED) is 0.462. The summed E-state index contributed by atoms with van der Waals surface area (Å²) in [6.07, 6.45) is 5.27. The molecule has 0 bridgehead atoms. The van der Waals surface area contributed by atoms with E-state index >= 15 is 0 Å². The number of nitrogens with zero attached hydrogens (tertiary/aromatic N) is 6. The van der Waals surface area contributed by atoms with E-state index in [1.54, 1.807) is 11.3 Å². The first kappa shape index (κ1) is 23.0. The number of aryl methyl sites for hydroxylation is 1. The van der Waals surface area contributed by atoms with Crippen LogP contribution in [0.5, 0.6) is 0 Å². The number of benzene rings is 1. The highest BCUT2D eigenvalue weighted by Crippen LogP contribution is 2.31. The number of nitrogen functional groups attached to an aromatic ring is 1. The van der Waals surface area contributed by atoms with Gasteiger partial charge in [-0.05, 0) is 52.7 Å². The molecule has 35 heavy (non-hydrogen) atoms. The Morgan fingerprint density at radius 3 is 2.63 bits per heavy atom. The number of hydroxylamine groups is 2. The van der Waals surface area contributed by atoms with Crippen LogP contribution < -0.4 is 5.73 Å². The van der Waals surface area contributed by atoms with Crippen molar-refractivity contribution in [3.63, 3.8) is 0 Å². The van der Waals surface area contributed by atoms with Gasteiger partial charge in [-0.15, -0.1) is 5.06 Å². The third kappa shape index (κ3) is 4.61. The maximum absolute atomic E-state index is 12.2. The molecule has 0 saturated carbocycles. The van der Waals surface area contributed by atoms with Gasteiger partial charge in [0, 0.05) is 24.8 Å². The van der Waals surface area contributed by atoms with E-state index in [2.05, 4.69) is 9.97 Å². The Morgan fingerprint density at radius 1 is 1.17 bits per heavy atom. The van der Waals surface area contributed by atoms with Crippen LogP contribution in [0.1, 0.15) is 45.3 Å². The molecule has 1 aromatic carbocycles. The number of hydrogen-bond acceptors (Lipinski definition) is 9. The lowest BCUT2D eigenvalue weighted by Crippen LogP contribution is -2.39. The topological polar surface area (TPSA) is 125 Å². The largest absolute Gasteiger partial charge is 0.435 e. The normalized spacial score (nSPS) is 15.5. The van der Waals surface area contributed by atoms with Crippen LogP contribution in [0.4, 0.5) is 5.82 Å². The summed E-state index contributed by atoms with van der Waals surface area (Å²) in [6.45, 7) is 8.82. The minimum atomic E-state index is -0.526. The second-order valence-electron chi connectivity index (χ2n) is 9.87. The van der Waals surface area contributed by atoms with Crippen LogP contribution >= 0.6 is 0 Å². The van der Waals surface area contributed by atoms with E-state index in [1.807, 2.05) is 62.8 Å². The molecule has 2 N–H and O–H groups in total. The molecule has 0 amide bonds. The van der Waals surface area contributed by atoms with Crippen molar-refractivity contribution < 1.29 is 14.0 Å². The SMILES string of the molecule is Cc1nn(C2CCN(OC(=O)C(C)(C)C)CC2)cc1-c1cnc(N)c(-c2nc3ccccc3o2)n1. The van der Waals surface area contributed by atoms with Crippen molar-refractivity contribution in [2.75, 3.05) is 18.8 Å². The molecule has 4 heterocycles. The molecule has 4 aromatic rings. The van der Waals surface area contributed by atoms with E-state index in [4.69, 9.17) is 25.1 Å². The third-order valence-electron chi connectivity index (χ3n) is 6.11. The van der Waals surface area contributed by atoms with Gasteiger partial charge in [-0.2, -0.15) is 5.10 Å². The molecule has 0 aliphatic carbocycles. The van der Waals surface area contributed by atoms with Gasteiger partial charge < -0.3 is 15.0 Å². The predicted molar refractivity (Wildman–Crippen MR) is 131 cm³/mol. The van der Waals surface area contributed by atoms with E-state index < -0.39 is 5.41 Å². The summed E-state index contributed by atoms with van der Waals surface area (Å²) < 4.78 is 7.84. The second-order valence-corrected chi connectivity index (χ2v) is 9.87. The van der Waals surface area contributed by atoms with Crippen molar-refractivity contribution in [1.29, 1.82) is 0 Å². The van der Waals surface area contributed by atoms with E-state index in [0.717, 1.165) is 29.6 Å². The lowest BCUT2D eigenvalue weighted by molar-refractivity contribution is -0.205. The number of aromatic nitrogens is 5. The van der Waals surface area contributed by atoms with Crippen molar-refractivity contribution in [1.82, 2.24) is 29.8 Å². The zero-order valence-corrected chi connectivity index (χ0v) is 20.4. The maximum Gasteiger partial charge on any atom is 0.330 e. The molecule has 0 atom stereocenters. The van der Waals surface area contributed by atoms with Gasteiger partial charge in [0.25, 0.3) is 0 Å². The smallest absolute Gasteiger partial charge is 0.330 e. The lowest BCUT2D eigenvalue weighted by Gasteiger charge is -2.32. The summed E-state index contributed by atoms with van der Waals surface area (Å²) in [7, 11) is 0. The summed E-state index contributed by atoms with van der Waals surface area (Å²) in [5, 5.41) is 6.50. The molecule has 10 heteroatoms. The molecular formula is C25H29N7O3. The summed E-state index contributed by atoms with van der Waals surface area (Å²) in [4.78, 5) is 31.3. The first-order valence-corrected chi connectivity index (χ1v) is 11.7. The van der Waals surface area contributed by atoms with E-state index in [-0.39, 0.29) is 17.8 Å². The summed E-state index contributed by atoms with van der Waals surface area (Å²) >= 11 is 0. The Labute approximate surface area is 203 Å². The fourth-order valence-electron chi connectivity index (χ4n) is 4.03. The van der Waals surface area contributed by atoms with Crippen LogP contribution in [0, 0.1) is 12.3 Å². The fraction of sp³-hybridized carbons (Fsp3) is 0.400. The first-order chi connectivity index (χ1) is 16.7. The Kier molecular flexibility index (Phi) is 5.76. The van der Waals surface area contributed by atoms with E-state index in [0.29, 0.717) is 36.0 Å². The van der Waals surface area contributed by atoms with Crippen molar-refractivity contribution in [3.05, 3.63) is 42.4 Å². The molecule has 1 aliphatic rings. The van der Waals surface area contributed by atoms with Gasteiger partial charge in [-0.1, -0.05) is 12.1 Å². The van der Waals surface area contributed by atoms with Crippen molar-refractivity contribution in [2.24, 2.45) is 5.41 Å². The molecule has 5 rings (SSSR count). The monoisotopic (exact) mass is 475 g/mol. The van der Waals surface area contributed by atoms with Crippen molar-refractivity contribution >= 4 is 22.9 Å². The van der Waals surface area contributed by atoms with Gasteiger partial charge in [0.15, 0.2) is 17.1 Å². The van der Waals surface area contributed by atoms with Gasteiger partial charge in [0.2, 0.25) is 5.89 Å². The number of carbonyl (C=O) groups excluding carboxylic acids is 1. The summed E-state index contributed by atoms with van der Waals surface area (Å²) in [5.41, 5.74) is 9.76. The highest BCUT2D eigenvalue weighted by Gasteiger charge is 2.29. The van der Waals surface area contributed by atoms with Crippen LogP contribution in [0.3, 0.4) is 0 Å². The highest BCUT2D eigenvalue weighted by atomic mass is 16.7. The number of carbonyl (C=O) groups is 1. The minimum Gasteiger partial charge on any atom is -0.435 e. The molecular weight excluding hydrogens is 446 g/mol. The van der Waals surface area contributed by atoms with Crippen LogP contribution in [0.15, 0.2) is 41.1 Å². The summed E-state index contributed by atoms with van der Waals surface area (Å²) in [5.74, 6) is 0.368. The maximum atomic E-state index is 12.2. The molecule has 10 nitrogen and oxygen atoms in total. The second kappa shape index (κ2) is 8.77. The molecule has 1 saturated heterocycles. The predicted octanol–water partition coefficient (Wildman–Crippen LogP) is 4.18. The minimum absolute atomic E-state index is 0.199. The number of hydrogen-bond donors (Lipinski definition) is 1. The molecule has 0 unspecified atom stereocenters. The zero-order chi connectivity index (χ0) is 24.7. The number of oxazole rings is 1. The third-order valence-corrected chi connectivity index (χ3v) is 6.11. The molecule has 3 aromatic heterocycles. The number of rotatable bonds is 4. The summed E-state index contributed by atoms with van der Waals surface area (Å²) in [6, 6.07) is 7.71. The average molecular weight is 476 g/mol. The molecule has 182 valence electrons. The zero-order valence-electron chi connectivity index (χ0n) is 20.4. The molecule has 1 aliphatic heterocycles. The number of anilines is 1. The highest BCUT2D eigenvalue weighted by molar-refractivity contribution is 5.78. The van der Waals surface area contributed by atoms with Crippen molar-refractivity contribution in [2.45, 2.75) is 46.6 Å². The Balaban J connectivity index is 1.35. The van der Waals surface area contributed by atoms with Crippen molar-refractivity contribution in [3.8, 4) is 22.8 Å². The number of piperidine rings is 1. The van der Waals surface area contributed by atoms with Crippen LogP contribution in [-0.2, 0) is 9.63 Å². The average Bonchev–Trinajstić information content (AvgIpc) is 3.43. The Hall–Kier alpha value is -3.79. The Bertz CT molecular complexity index is 1340. The molecule has 1 fully saturated rings. The van der Waals surface area contributed by atoms with Crippen LogP contribution in [0.25, 0.3) is 33.9 Å². The lowest BCUT2D eigenvalue weighted by atomic mass is 9.98. The number of nitrogens with two attached hydrogens (primary N) is 1. The number of para-hydroxylation sites is 2. The number of fused-ring (bicyclic) bond motifs is 1. The molecule has 0 spiro atoms. The van der Waals surface area contributed by atoms with Gasteiger partial charge in [-0.25, -0.2) is 19.7 Å². The fourth-order valence-corrected chi connectivity index (χ4v) is 4.03. The Morgan fingerprint density at radius 2 is 1.91 bits per heavy atom. The van der Waals surface area contributed by atoms with Gasteiger partial charge >= 0.3 is 5.97 Å². The first-order valence-electron chi connectivity index (χ1n) is 11.7. The van der Waals surface area contributed by atoms with Crippen LogP contribution in [0.2, 0.25) is 0 Å². The van der Waals surface area contributed by atoms with Gasteiger partial charge in [0.1, 0.15) is 5.52 Å². The van der Waals surface area contributed by atoms with Gasteiger partial charge in [-0.3, -0.25) is 4.68 Å². The van der Waals surface area contributed by atoms with E-state index in [1.165, 1.54) is 0 Å². The molecule has 0 radical (unpaired) electrons. The van der Waals surface area contributed by atoms with Gasteiger partial charge in [0.05, 0.1) is 29.0 Å². The van der Waals surface area contributed by atoms with E-state index in [9.17, 15) is 4.79 Å². The van der Waals surface area contributed by atoms with Crippen LogP contribution in [-0.4, -0.2) is 48.9 Å². The standard InChI is InChI=1S/C25H29N7O3/c1-15-17(14-32(30-15)16-9-11-31(12-10-16)35-24(33)25(2,3)4)19-13-27-22(26)21(28-19)23-29-18-7-5-6-8-20(18)34-23/h5-8,13-14,16H,9-12H2,1-4H3,(H2,26,27).